The molecule has 154 valence electrons. The van der Waals surface area contributed by atoms with Crippen molar-refractivity contribution in [2.24, 2.45) is 4.99 Å². The Bertz CT molecular complexity index is 570. The molecule has 27 heavy (non-hydrogen) atoms. The highest BCUT2D eigenvalue weighted by atomic mass is 127. The van der Waals surface area contributed by atoms with Gasteiger partial charge in [0.15, 0.2) is 5.96 Å². The lowest BCUT2D eigenvalue weighted by molar-refractivity contribution is 0.160. The predicted octanol–water partition coefficient (Wildman–Crippen LogP) is 3.23. The zero-order valence-corrected chi connectivity index (χ0v) is 19.8. The summed E-state index contributed by atoms with van der Waals surface area (Å²) >= 11 is 0. The van der Waals surface area contributed by atoms with Crippen LogP contribution in [0.25, 0.3) is 0 Å². The number of likely N-dealkylation sites (tertiary alicyclic amines) is 1. The Hall–Kier alpha value is -0.670. The molecule has 2 rings (SSSR count). The lowest BCUT2D eigenvalue weighted by atomic mass is 10.0. The van der Waals surface area contributed by atoms with Gasteiger partial charge >= 0.3 is 0 Å². The Morgan fingerprint density at radius 3 is 2.74 bits per heavy atom. The van der Waals surface area contributed by atoms with Gasteiger partial charge in [0.2, 0.25) is 0 Å². The van der Waals surface area contributed by atoms with Crippen LogP contribution in [0.3, 0.4) is 0 Å². The fourth-order valence-electron chi connectivity index (χ4n) is 3.25. The third-order valence-electron chi connectivity index (χ3n) is 4.74. The van der Waals surface area contributed by atoms with Crippen molar-refractivity contribution in [3.8, 4) is 0 Å². The molecule has 1 fully saturated rings. The topological polar surface area (TPSA) is 56.7 Å². The van der Waals surface area contributed by atoms with E-state index in [0.717, 1.165) is 36.9 Å². The molecule has 0 aromatic heterocycles. The summed E-state index contributed by atoms with van der Waals surface area (Å²) in [5, 5.41) is 6.57. The number of halogens is 1. The second-order valence-corrected chi connectivity index (χ2v) is 8.36. The van der Waals surface area contributed by atoms with E-state index in [0.29, 0.717) is 18.3 Å². The van der Waals surface area contributed by atoms with Crippen LogP contribution in [0, 0.1) is 0 Å². The van der Waals surface area contributed by atoms with Crippen LogP contribution in [0.15, 0.2) is 40.2 Å². The molecule has 7 heteroatoms. The van der Waals surface area contributed by atoms with E-state index in [2.05, 4.69) is 34.4 Å². The van der Waals surface area contributed by atoms with Crippen molar-refractivity contribution in [3.63, 3.8) is 0 Å². The molecule has 5 nitrogen and oxygen atoms in total. The number of piperidine rings is 1. The van der Waals surface area contributed by atoms with Crippen LogP contribution in [0.1, 0.15) is 39.5 Å². The van der Waals surface area contributed by atoms with Crippen molar-refractivity contribution in [1.29, 1.82) is 0 Å². The van der Waals surface area contributed by atoms with Gasteiger partial charge in [-0.25, -0.2) is 0 Å². The second kappa shape index (κ2) is 14.3. The molecule has 1 aromatic carbocycles. The van der Waals surface area contributed by atoms with Crippen molar-refractivity contribution >= 4 is 40.7 Å². The highest BCUT2D eigenvalue weighted by Gasteiger charge is 2.16. The maximum absolute atomic E-state index is 12.3. The summed E-state index contributed by atoms with van der Waals surface area (Å²) < 4.78 is 12.3. The highest BCUT2D eigenvalue weighted by Crippen LogP contribution is 2.16. The molecule has 1 aliphatic rings. The minimum absolute atomic E-state index is 0. The Labute approximate surface area is 184 Å². The Balaban J connectivity index is 0.00000364. The summed E-state index contributed by atoms with van der Waals surface area (Å²) in [6.45, 7) is 9.06. The summed E-state index contributed by atoms with van der Waals surface area (Å²) in [7, 11) is -0.970. The molecular weight excluding hydrogens is 471 g/mol. The van der Waals surface area contributed by atoms with Gasteiger partial charge in [0, 0.05) is 42.9 Å². The molecule has 0 saturated carbocycles. The number of guanidine groups is 1. The van der Waals surface area contributed by atoms with Gasteiger partial charge in [0.1, 0.15) is 0 Å². The van der Waals surface area contributed by atoms with Crippen LogP contribution in [0.5, 0.6) is 0 Å². The van der Waals surface area contributed by atoms with Gasteiger partial charge in [-0.1, -0.05) is 24.6 Å². The number of hydrogen-bond acceptors (Lipinski definition) is 3. The number of benzene rings is 1. The molecule has 2 N–H and O–H groups in total. The van der Waals surface area contributed by atoms with Crippen molar-refractivity contribution in [3.05, 3.63) is 30.3 Å². The molecule has 2 atom stereocenters. The summed E-state index contributed by atoms with van der Waals surface area (Å²) in [6.07, 6.45) is 5.11. The van der Waals surface area contributed by atoms with E-state index < -0.39 is 10.8 Å². The molecule has 2 unspecified atom stereocenters. The first kappa shape index (κ1) is 24.4. The number of rotatable bonds is 9. The van der Waals surface area contributed by atoms with Crippen LogP contribution in [-0.2, 0) is 10.8 Å². The minimum atomic E-state index is -0.970. The monoisotopic (exact) mass is 506 g/mol. The first-order valence-electron chi connectivity index (χ1n) is 9.90. The third kappa shape index (κ3) is 9.38. The quantitative estimate of drug-likeness (QED) is 0.234. The van der Waals surface area contributed by atoms with Crippen molar-refractivity contribution in [2.75, 3.05) is 38.5 Å². The lowest BCUT2D eigenvalue weighted by Crippen LogP contribution is -2.40. The van der Waals surface area contributed by atoms with E-state index in [4.69, 9.17) is 0 Å². The first-order chi connectivity index (χ1) is 12.7. The summed E-state index contributed by atoms with van der Waals surface area (Å²) in [5.74, 6) is 1.41. The third-order valence-corrected chi connectivity index (χ3v) is 6.12. The maximum Gasteiger partial charge on any atom is 0.191 e. The lowest BCUT2D eigenvalue weighted by Gasteiger charge is -2.33. The molecule has 1 aromatic rings. The second-order valence-electron chi connectivity index (χ2n) is 6.78. The SMILES string of the molecule is CCNC(=NCCCN1CCCCC1C)NCCS(=O)c1ccccc1.I. The van der Waals surface area contributed by atoms with E-state index in [-0.39, 0.29) is 24.0 Å². The number of aliphatic imine (C=N–C) groups is 1. The summed E-state index contributed by atoms with van der Waals surface area (Å²) in [6, 6.07) is 10.3. The van der Waals surface area contributed by atoms with Gasteiger partial charge in [-0.2, -0.15) is 0 Å². The molecule has 0 aliphatic carbocycles. The zero-order chi connectivity index (χ0) is 18.6. The number of nitrogens with one attached hydrogen (secondary N) is 2. The van der Waals surface area contributed by atoms with E-state index in [1.165, 1.54) is 25.8 Å². The Morgan fingerprint density at radius 2 is 2.04 bits per heavy atom. The number of hydrogen-bond donors (Lipinski definition) is 2. The van der Waals surface area contributed by atoms with E-state index >= 15 is 0 Å². The van der Waals surface area contributed by atoms with Gasteiger partial charge in [-0.3, -0.25) is 9.20 Å². The van der Waals surface area contributed by atoms with Gasteiger partial charge in [0.25, 0.3) is 0 Å². The van der Waals surface area contributed by atoms with Crippen LogP contribution in [-0.4, -0.2) is 59.6 Å². The molecular formula is C20H35IN4OS. The fraction of sp³-hybridized carbons (Fsp3) is 0.650. The molecule has 0 amide bonds. The molecule has 0 spiro atoms. The number of nitrogens with zero attached hydrogens (tertiary/aromatic N) is 2. The van der Waals surface area contributed by atoms with E-state index in [9.17, 15) is 4.21 Å². The van der Waals surface area contributed by atoms with Gasteiger partial charge in [-0.15, -0.1) is 24.0 Å². The first-order valence-corrected chi connectivity index (χ1v) is 11.2. The van der Waals surface area contributed by atoms with Crippen LogP contribution in [0.4, 0.5) is 0 Å². The largest absolute Gasteiger partial charge is 0.357 e. The van der Waals surface area contributed by atoms with E-state index in [1.807, 2.05) is 30.3 Å². The molecule has 1 aliphatic heterocycles. The van der Waals surface area contributed by atoms with Crippen LogP contribution >= 0.6 is 24.0 Å². The van der Waals surface area contributed by atoms with Crippen molar-refractivity contribution in [1.82, 2.24) is 15.5 Å². The van der Waals surface area contributed by atoms with E-state index in [1.54, 1.807) is 0 Å². The highest BCUT2D eigenvalue weighted by molar-refractivity contribution is 14.0. The molecule has 0 radical (unpaired) electrons. The van der Waals surface area contributed by atoms with Gasteiger partial charge < -0.3 is 15.5 Å². The predicted molar refractivity (Wildman–Crippen MR) is 127 cm³/mol. The average Bonchev–Trinajstić information content (AvgIpc) is 2.67. The van der Waals surface area contributed by atoms with Crippen LogP contribution < -0.4 is 10.6 Å². The van der Waals surface area contributed by atoms with Crippen LogP contribution in [0.2, 0.25) is 0 Å². The van der Waals surface area contributed by atoms with Gasteiger partial charge in [-0.05, 0) is 51.8 Å². The minimum Gasteiger partial charge on any atom is -0.357 e. The molecule has 0 bridgehead atoms. The zero-order valence-electron chi connectivity index (χ0n) is 16.7. The smallest absolute Gasteiger partial charge is 0.191 e. The standard InChI is InChI=1S/C20H34N4OS.HI/c1-3-21-20(22-13-9-16-24-15-8-7-10-18(24)2)23-14-17-26(25)19-11-5-4-6-12-19;/h4-6,11-12,18H,3,7-10,13-17H2,1-2H3,(H2,21,22,23);1H. The Kier molecular flexibility index (Phi) is 12.9. The summed E-state index contributed by atoms with van der Waals surface area (Å²) in [5.41, 5.74) is 0. The van der Waals surface area contributed by atoms with Crippen molar-refractivity contribution < 1.29 is 4.21 Å². The fourth-order valence-corrected chi connectivity index (χ4v) is 4.23. The normalized spacial score (nSPS) is 19.2. The molecule has 1 saturated heterocycles. The van der Waals surface area contributed by atoms with Crippen molar-refractivity contribution in [2.45, 2.75) is 50.5 Å². The van der Waals surface area contributed by atoms with Gasteiger partial charge in [0.05, 0.1) is 10.8 Å². The summed E-state index contributed by atoms with van der Waals surface area (Å²) in [4.78, 5) is 8.13. The molecule has 1 heterocycles. The Morgan fingerprint density at radius 1 is 1.26 bits per heavy atom. The average molecular weight is 506 g/mol. The maximum atomic E-state index is 12.3.